The maximum atomic E-state index is 12.3. The van der Waals surface area contributed by atoms with Crippen LogP contribution in [0.1, 0.15) is 36.0 Å². The van der Waals surface area contributed by atoms with Crippen molar-refractivity contribution in [1.29, 1.82) is 0 Å². The van der Waals surface area contributed by atoms with Crippen LogP contribution >= 0.6 is 11.3 Å². The maximum Gasteiger partial charge on any atom is 0.252 e. The standard InChI is InChI=1S/C15H18N2OS/c16-10-5-7-11(8-6-10)17-15(18)13-9-19-14-4-2-1-3-12(13)14/h1-4,9-11H,5-8,16H2,(H,17,18). The summed E-state index contributed by atoms with van der Waals surface area (Å²) in [5.41, 5.74) is 6.69. The number of hydrogen-bond acceptors (Lipinski definition) is 3. The Bertz CT molecular complexity index is 585. The molecule has 4 heteroatoms. The van der Waals surface area contributed by atoms with Gasteiger partial charge in [0.2, 0.25) is 0 Å². The number of fused-ring (bicyclic) bond motifs is 1. The summed E-state index contributed by atoms with van der Waals surface area (Å²) < 4.78 is 1.17. The van der Waals surface area contributed by atoms with Crippen molar-refractivity contribution in [3.63, 3.8) is 0 Å². The van der Waals surface area contributed by atoms with Crippen molar-refractivity contribution in [3.05, 3.63) is 35.2 Å². The minimum absolute atomic E-state index is 0.0536. The first-order valence-electron chi connectivity index (χ1n) is 6.76. The number of carbonyl (C=O) groups is 1. The van der Waals surface area contributed by atoms with Gasteiger partial charge in [0, 0.05) is 27.5 Å². The SMILES string of the molecule is NC1CCC(NC(=O)c2csc3ccccc23)CC1. The molecule has 3 rings (SSSR count). The summed E-state index contributed by atoms with van der Waals surface area (Å²) >= 11 is 1.62. The highest BCUT2D eigenvalue weighted by Crippen LogP contribution is 2.26. The molecule has 2 aromatic rings. The molecule has 1 amide bonds. The van der Waals surface area contributed by atoms with Crippen LogP contribution in [-0.2, 0) is 0 Å². The lowest BCUT2D eigenvalue weighted by molar-refractivity contribution is 0.0928. The zero-order valence-electron chi connectivity index (χ0n) is 10.8. The van der Waals surface area contributed by atoms with Gasteiger partial charge < -0.3 is 11.1 Å². The number of hydrogen-bond donors (Lipinski definition) is 2. The van der Waals surface area contributed by atoms with E-state index >= 15 is 0 Å². The molecule has 1 aromatic heterocycles. The van der Waals surface area contributed by atoms with Gasteiger partial charge in [-0.2, -0.15) is 0 Å². The van der Waals surface area contributed by atoms with Crippen LogP contribution in [0.25, 0.3) is 10.1 Å². The van der Waals surface area contributed by atoms with Gasteiger partial charge in [-0.15, -0.1) is 11.3 Å². The molecule has 0 spiro atoms. The Morgan fingerprint density at radius 2 is 1.95 bits per heavy atom. The molecule has 0 radical (unpaired) electrons. The van der Waals surface area contributed by atoms with Crippen molar-refractivity contribution < 1.29 is 4.79 Å². The summed E-state index contributed by atoms with van der Waals surface area (Å²) in [4.78, 5) is 12.3. The van der Waals surface area contributed by atoms with Crippen LogP contribution < -0.4 is 11.1 Å². The molecule has 0 unspecified atom stereocenters. The summed E-state index contributed by atoms with van der Waals surface area (Å²) in [5, 5.41) is 6.15. The number of carbonyl (C=O) groups excluding carboxylic acids is 1. The van der Waals surface area contributed by atoms with Crippen molar-refractivity contribution in [2.45, 2.75) is 37.8 Å². The molecule has 1 aliphatic carbocycles. The average Bonchev–Trinajstić information content (AvgIpc) is 2.85. The highest BCUT2D eigenvalue weighted by atomic mass is 32.1. The number of amides is 1. The number of benzene rings is 1. The van der Waals surface area contributed by atoms with Crippen LogP contribution in [0.2, 0.25) is 0 Å². The topological polar surface area (TPSA) is 55.1 Å². The summed E-state index contributed by atoms with van der Waals surface area (Å²) in [6.45, 7) is 0. The van der Waals surface area contributed by atoms with Gasteiger partial charge >= 0.3 is 0 Å². The van der Waals surface area contributed by atoms with E-state index in [2.05, 4.69) is 11.4 Å². The zero-order valence-corrected chi connectivity index (χ0v) is 11.6. The Hall–Kier alpha value is -1.39. The Morgan fingerprint density at radius 1 is 1.21 bits per heavy atom. The van der Waals surface area contributed by atoms with Gasteiger partial charge in [0.05, 0.1) is 5.56 Å². The van der Waals surface area contributed by atoms with Gasteiger partial charge in [-0.3, -0.25) is 4.79 Å². The molecule has 1 heterocycles. The van der Waals surface area contributed by atoms with E-state index < -0.39 is 0 Å². The third-order valence-corrected chi connectivity index (χ3v) is 4.80. The quantitative estimate of drug-likeness (QED) is 0.884. The van der Waals surface area contributed by atoms with Gasteiger partial charge in [0.25, 0.3) is 5.91 Å². The van der Waals surface area contributed by atoms with Gasteiger partial charge in [-0.1, -0.05) is 18.2 Å². The smallest absolute Gasteiger partial charge is 0.252 e. The molecule has 0 saturated heterocycles. The predicted octanol–water partition coefficient (Wildman–Crippen LogP) is 2.90. The molecule has 19 heavy (non-hydrogen) atoms. The van der Waals surface area contributed by atoms with E-state index in [1.54, 1.807) is 11.3 Å². The van der Waals surface area contributed by atoms with E-state index in [0.29, 0.717) is 6.04 Å². The van der Waals surface area contributed by atoms with E-state index in [1.807, 2.05) is 23.6 Å². The molecule has 0 bridgehead atoms. The molecule has 3 N–H and O–H groups in total. The van der Waals surface area contributed by atoms with E-state index in [9.17, 15) is 4.79 Å². The second kappa shape index (κ2) is 5.31. The van der Waals surface area contributed by atoms with Crippen molar-refractivity contribution in [3.8, 4) is 0 Å². The zero-order chi connectivity index (χ0) is 13.2. The molecule has 0 aliphatic heterocycles. The van der Waals surface area contributed by atoms with Crippen LogP contribution in [0.5, 0.6) is 0 Å². The number of nitrogens with one attached hydrogen (secondary N) is 1. The van der Waals surface area contributed by atoms with Crippen molar-refractivity contribution in [2.24, 2.45) is 5.73 Å². The highest BCUT2D eigenvalue weighted by Gasteiger charge is 2.21. The number of thiophene rings is 1. The minimum atomic E-state index is 0.0536. The summed E-state index contributed by atoms with van der Waals surface area (Å²) in [7, 11) is 0. The van der Waals surface area contributed by atoms with Crippen LogP contribution in [0.3, 0.4) is 0 Å². The average molecular weight is 274 g/mol. The molecule has 100 valence electrons. The van der Waals surface area contributed by atoms with E-state index in [1.165, 1.54) is 4.70 Å². The first-order valence-corrected chi connectivity index (χ1v) is 7.64. The van der Waals surface area contributed by atoms with Gasteiger partial charge in [-0.25, -0.2) is 0 Å². The van der Waals surface area contributed by atoms with Crippen LogP contribution in [0, 0.1) is 0 Å². The highest BCUT2D eigenvalue weighted by molar-refractivity contribution is 7.17. The fourth-order valence-corrected chi connectivity index (χ4v) is 3.62. The molecule has 1 aliphatic rings. The summed E-state index contributed by atoms with van der Waals surface area (Å²) in [6, 6.07) is 8.64. The second-order valence-electron chi connectivity index (χ2n) is 5.23. The third-order valence-electron chi connectivity index (χ3n) is 3.83. The number of nitrogens with two attached hydrogens (primary N) is 1. The fourth-order valence-electron chi connectivity index (χ4n) is 2.68. The van der Waals surface area contributed by atoms with Crippen molar-refractivity contribution in [1.82, 2.24) is 5.32 Å². The second-order valence-corrected chi connectivity index (χ2v) is 6.14. The summed E-state index contributed by atoms with van der Waals surface area (Å²) in [5.74, 6) is 0.0536. The molecule has 0 atom stereocenters. The first-order chi connectivity index (χ1) is 9.24. The Kier molecular flexibility index (Phi) is 3.53. The Balaban J connectivity index is 1.73. The minimum Gasteiger partial charge on any atom is -0.349 e. The molecule has 1 saturated carbocycles. The Morgan fingerprint density at radius 3 is 2.74 bits per heavy atom. The normalized spacial score (nSPS) is 23.4. The molecule has 1 fully saturated rings. The summed E-state index contributed by atoms with van der Waals surface area (Å²) in [6.07, 6.45) is 4.01. The first kappa shape index (κ1) is 12.6. The van der Waals surface area contributed by atoms with Gasteiger partial charge in [-0.05, 0) is 31.7 Å². The molecular formula is C15H18N2OS. The monoisotopic (exact) mass is 274 g/mol. The lowest BCUT2D eigenvalue weighted by Gasteiger charge is -2.26. The molecule has 3 nitrogen and oxygen atoms in total. The van der Waals surface area contributed by atoms with E-state index in [-0.39, 0.29) is 11.9 Å². The van der Waals surface area contributed by atoms with E-state index in [4.69, 9.17) is 5.73 Å². The van der Waals surface area contributed by atoms with Crippen LogP contribution in [0.4, 0.5) is 0 Å². The van der Waals surface area contributed by atoms with Crippen LogP contribution in [0.15, 0.2) is 29.6 Å². The number of rotatable bonds is 2. The van der Waals surface area contributed by atoms with E-state index in [0.717, 1.165) is 36.6 Å². The fraction of sp³-hybridized carbons (Fsp3) is 0.400. The third kappa shape index (κ3) is 2.65. The predicted molar refractivity (Wildman–Crippen MR) is 79.5 cm³/mol. The molecule has 1 aromatic carbocycles. The van der Waals surface area contributed by atoms with Crippen molar-refractivity contribution >= 4 is 27.3 Å². The lowest BCUT2D eigenvalue weighted by Crippen LogP contribution is -2.40. The lowest BCUT2D eigenvalue weighted by atomic mass is 9.91. The largest absolute Gasteiger partial charge is 0.349 e. The van der Waals surface area contributed by atoms with Gasteiger partial charge in [0.1, 0.15) is 0 Å². The van der Waals surface area contributed by atoms with Crippen LogP contribution in [-0.4, -0.2) is 18.0 Å². The Labute approximate surface area is 116 Å². The molecular weight excluding hydrogens is 256 g/mol. The van der Waals surface area contributed by atoms with Gasteiger partial charge in [0.15, 0.2) is 0 Å². The van der Waals surface area contributed by atoms with Crippen molar-refractivity contribution in [2.75, 3.05) is 0 Å². The maximum absolute atomic E-state index is 12.3.